The molecule has 6 rings (SSSR count). The van der Waals surface area contributed by atoms with E-state index >= 15 is 0 Å². The van der Waals surface area contributed by atoms with Crippen molar-refractivity contribution in [2.75, 3.05) is 22.6 Å². The van der Waals surface area contributed by atoms with Crippen LogP contribution in [-0.2, 0) is 18.3 Å². The summed E-state index contributed by atoms with van der Waals surface area (Å²) >= 11 is 6.28. The second kappa shape index (κ2) is 9.53. The Morgan fingerprint density at radius 2 is 2.02 bits per heavy atom. The Hall–Kier alpha value is -4.64. The number of benzene rings is 2. The average Bonchev–Trinajstić information content (AvgIpc) is 3.66. The standard InChI is InChI=1S/C28H25ClN6O5/c1-13(36)30-23-12-34(3)27(33-23)22(38)7-15-4-5-18-16(6-15)8-19(32-18)28(39)35-11-17(10-29)24-20(35)9-21(37)26-25(24)31-14(2)40-26/h4-6,8-9,12,17,32,37H,7,10-11H2,1-3H3,(H,30,36). The van der Waals surface area contributed by atoms with E-state index in [0.717, 1.165) is 22.0 Å². The van der Waals surface area contributed by atoms with Crippen LogP contribution in [0, 0.1) is 6.92 Å². The molecule has 1 aliphatic heterocycles. The molecular weight excluding hydrogens is 536 g/mol. The van der Waals surface area contributed by atoms with Gasteiger partial charge in [0.15, 0.2) is 28.9 Å². The lowest BCUT2D eigenvalue weighted by Gasteiger charge is -2.17. The van der Waals surface area contributed by atoms with Gasteiger partial charge in [-0.3, -0.25) is 14.4 Å². The summed E-state index contributed by atoms with van der Waals surface area (Å²) in [6, 6.07) is 8.76. The number of nitrogens with zero attached hydrogens (tertiary/aromatic N) is 4. The van der Waals surface area contributed by atoms with Crippen LogP contribution in [-0.4, -0.2) is 54.6 Å². The molecule has 12 heteroatoms. The molecule has 204 valence electrons. The smallest absolute Gasteiger partial charge is 0.274 e. The first-order valence-electron chi connectivity index (χ1n) is 12.6. The van der Waals surface area contributed by atoms with E-state index in [1.165, 1.54) is 13.0 Å². The first kappa shape index (κ1) is 25.6. The lowest BCUT2D eigenvalue weighted by atomic mass is 10.0. The number of hydrogen-bond acceptors (Lipinski definition) is 7. The largest absolute Gasteiger partial charge is 0.504 e. The van der Waals surface area contributed by atoms with Crippen LogP contribution in [0.25, 0.3) is 22.0 Å². The predicted octanol–water partition coefficient (Wildman–Crippen LogP) is 4.42. The highest BCUT2D eigenvalue weighted by Crippen LogP contribution is 2.45. The summed E-state index contributed by atoms with van der Waals surface area (Å²) in [5, 5.41) is 13.9. The van der Waals surface area contributed by atoms with Crippen molar-refractivity contribution in [2.24, 2.45) is 7.05 Å². The van der Waals surface area contributed by atoms with Crippen LogP contribution in [0.5, 0.6) is 5.75 Å². The number of phenols is 1. The third-order valence-electron chi connectivity index (χ3n) is 7.01. The van der Waals surface area contributed by atoms with Gasteiger partial charge in [-0.2, -0.15) is 0 Å². The number of carbonyl (C=O) groups excluding carboxylic acids is 3. The Morgan fingerprint density at radius 3 is 2.77 bits per heavy atom. The van der Waals surface area contributed by atoms with Crippen LogP contribution in [0.15, 0.2) is 40.9 Å². The Balaban J connectivity index is 1.28. The molecule has 2 amide bonds. The Morgan fingerprint density at radius 1 is 1.23 bits per heavy atom. The number of carbonyl (C=O) groups is 3. The number of hydrogen-bond donors (Lipinski definition) is 3. The first-order valence-corrected chi connectivity index (χ1v) is 13.1. The van der Waals surface area contributed by atoms with Crippen molar-refractivity contribution < 1.29 is 23.9 Å². The molecule has 0 spiro atoms. The SMILES string of the molecule is CC(=O)Nc1cn(C)c(C(=O)Cc2ccc3[nH]c(C(=O)N4CC(CCl)c5c4cc(O)c4oc(C)nc54)cc3c2)n1. The zero-order valence-electron chi connectivity index (χ0n) is 21.9. The van der Waals surface area contributed by atoms with Crippen molar-refractivity contribution >= 4 is 62.7 Å². The molecule has 0 saturated carbocycles. The maximum atomic E-state index is 13.7. The summed E-state index contributed by atoms with van der Waals surface area (Å²) in [4.78, 5) is 51.4. The third-order valence-corrected chi connectivity index (χ3v) is 7.39. The van der Waals surface area contributed by atoms with Gasteiger partial charge < -0.3 is 29.3 Å². The van der Waals surface area contributed by atoms with Crippen molar-refractivity contribution in [3.05, 3.63) is 65.1 Å². The molecule has 1 aliphatic rings. The number of aromatic hydroxyl groups is 1. The van der Waals surface area contributed by atoms with Crippen LogP contribution >= 0.6 is 11.6 Å². The van der Waals surface area contributed by atoms with Gasteiger partial charge in [0.05, 0.1) is 5.69 Å². The van der Waals surface area contributed by atoms with Gasteiger partial charge in [-0.05, 0) is 23.8 Å². The number of aryl methyl sites for hydroxylation is 2. The molecule has 11 nitrogen and oxygen atoms in total. The number of nitrogens with one attached hydrogen (secondary N) is 2. The van der Waals surface area contributed by atoms with Crippen LogP contribution < -0.4 is 10.2 Å². The van der Waals surface area contributed by atoms with Crippen molar-refractivity contribution in [2.45, 2.75) is 26.2 Å². The van der Waals surface area contributed by atoms with E-state index in [9.17, 15) is 19.5 Å². The molecule has 0 aliphatic carbocycles. The van der Waals surface area contributed by atoms with Crippen molar-refractivity contribution in [1.82, 2.24) is 19.5 Å². The predicted molar refractivity (Wildman–Crippen MR) is 149 cm³/mol. The van der Waals surface area contributed by atoms with Gasteiger partial charge in [0.2, 0.25) is 11.7 Å². The van der Waals surface area contributed by atoms with Gasteiger partial charge in [-0.25, -0.2) is 9.97 Å². The van der Waals surface area contributed by atoms with E-state index in [0.29, 0.717) is 35.2 Å². The van der Waals surface area contributed by atoms with Crippen LogP contribution in [0.4, 0.5) is 11.5 Å². The van der Waals surface area contributed by atoms with Gasteiger partial charge in [-0.1, -0.05) is 6.07 Å². The lowest BCUT2D eigenvalue weighted by molar-refractivity contribution is -0.114. The number of alkyl halides is 1. The molecule has 4 heterocycles. The second-order valence-corrected chi connectivity index (χ2v) is 10.3. The molecule has 1 unspecified atom stereocenters. The number of H-pyrrole nitrogens is 1. The Labute approximate surface area is 232 Å². The average molecular weight is 561 g/mol. The monoisotopic (exact) mass is 560 g/mol. The van der Waals surface area contributed by atoms with E-state index in [4.69, 9.17) is 16.0 Å². The van der Waals surface area contributed by atoms with Crippen molar-refractivity contribution in [3.63, 3.8) is 0 Å². The van der Waals surface area contributed by atoms with Gasteiger partial charge in [-0.15, -0.1) is 11.6 Å². The molecule has 0 radical (unpaired) electrons. The normalized spacial score (nSPS) is 14.7. The van der Waals surface area contributed by atoms with E-state index in [1.807, 2.05) is 18.2 Å². The highest BCUT2D eigenvalue weighted by Gasteiger charge is 2.37. The van der Waals surface area contributed by atoms with Gasteiger partial charge in [0.1, 0.15) is 11.2 Å². The number of rotatable bonds is 6. The third kappa shape index (κ3) is 4.28. The molecule has 5 aromatic rings. The van der Waals surface area contributed by atoms with E-state index in [-0.39, 0.29) is 53.0 Å². The summed E-state index contributed by atoms with van der Waals surface area (Å²) in [6.45, 7) is 3.41. The summed E-state index contributed by atoms with van der Waals surface area (Å²) < 4.78 is 7.14. The van der Waals surface area contributed by atoms with E-state index in [2.05, 4.69) is 20.3 Å². The van der Waals surface area contributed by atoms with Crippen LogP contribution in [0.3, 0.4) is 0 Å². The number of amides is 2. The fraction of sp³-hybridized carbons (Fsp3) is 0.250. The fourth-order valence-corrected chi connectivity index (χ4v) is 5.57. The zero-order valence-corrected chi connectivity index (χ0v) is 22.7. The number of phenolic OH excluding ortho intramolecular Hbond substituents is 1. The molecule has 0 bridgehead atoms. The quantitative estimate of drug-likeness (QED) is 0.206. The fourth-order valence-electron chi connectivity index (χ4n) is 5.31. The first-order chi connectivity index (χ1) is 19.1. The second-order valence-electron chi connectivity index (χ2n) is 9.95. The van der Waals surface area contributed by atoms with Crippen molar-refractivity contribution in [3.8, 4) is 5.75 Å². The number of anilines is 2. The van der Waals surface area contributed by atoms with E-state index in [1.54, 1.807) is 35.7 Å². The number of aromatic amines is 1. The summed E-state index contributed by atoms with van der Waals surface area (Å²) in [7, 11) is 1.69. The minimum Gasteiger partial charge on any atom is -0.504 e. The number of imidazole rings is 1. The van der Waals surface area contributed by atoms with Gasteiger partial charge in [0, 0.05) is 74.4 Å². The van der Waals surface area contributed by atoms with Gasteiger partial charge >= 0.3 is 0 Å². The van der Waals surface area contributed by atoms with Crippen molar-refractivity contribution in [1.29, 1.82) is 0 Å². The Kier molecular flexibility index (Phi) is 6.10. The maximum Gasteiger partial charge on any atom is 0.274 e. The lowest BCUT2D eigenvalue weighted by Crippen LogP contribution is -2.30. The van der Waals surface area contributed by atoms with E-state index < -0.39 is 0 Å². The molecule has 3 aromatic heterocycles. The summed E-state index contributed by atoms with van der Waals surface area (Å²) in [5.74, 6) is 0.213. The number of ketones is 1. The van der Waals surface area contributed by atoms with Crippen LogP contribution in [0.1, 0.15) is 51.0 Å². The Bertz CT molecular complexity index is 1850. The number of fused-ring (bicyclic) bond motifs is 4. The molecular formula is C28H25ClN6O5. The maximum absolute atomic E-state index is 13.7. The minimum absolute atomic E-state index is 0.0924. The molecule has 40 heavy (non-hydrogen) atoms. The summed E-state index contributed by atoms with van der Waals surface area (Å²) in [5.41, 5.74) is 3.97. The van der Waals surface area contributed by atoms with Gasteiger partial charge in [0.25, 0.3) is 5.91 Å². The molecule has 2 aromatic carbocycles. The molecule has 0 saturated heterocycles. The summed E-state index contributed by atoms with van der Waals surface area (Å²) in [6.07, 6.45) is 1.68. The topological polar surface area (TPSA) is 146 Å². The number of aromatic nitrogens is 4. The minimum atomic E-state index is -0.278. The highest BCUT2D eigenvalue weighted by atomic mass is 35.5. The number of oxazole rings is 1. The molecule has 1 atom stereocenters. The van der Waals surface area contributed by atoms with Crippen LogP contribution in [0.2, 0.25) is 0 Å². The zero-order chi connectivity index (χ0) is 28.3. The molecule has 3 N–H and O–H groups in total. The molecule has 0 fully saturated rings. The highest BCUT2D eigenvalue weighted by molar-refractivity contribution is 6.19. The number of Topliss-reactive ketones (excluding diaryl/α,β-unsaturated/α-hetero) is 1. The number of halogens is 1.